The molecule has 0 aliphatic carbocycles. The molecule has 0 radical (unpaired) electrons. The van der Waals surface area contributed by atoms with Gasteiger partial charge >= 0.3 is 0 Å². The van der Waals surface area contributed by atoms with E-state index in [0.29, 0.717) is 17.9 Å². The summed E-state index contributed by atoms with van der Waals surface area (Å²) < 4.78 is 3.02. The molecular weight excluding hydrogens is 332 g/mol. The molecule has 6 heteroatoms. The van der Waals surface area contributed by atoms with Crippen LogP contribution < -0.4 is 0 Å². The Morgan fingerprint density at radius 1 is 1.24 bits per heavy atom. The third kappa shape index (κ3) is 3.04. The molecule has 0 unspecified atom stereocenters. The summed E-state index contributed by atoms with van der Waals surface area (Å²) in [6.45, 7) is 0.575. The van der Waals surface area contributed by atoms with Crippen molar-refractivity contribution in [2.45, 2.75) is 6.54 Å². The number of hydrogen-bond donors (Lipinski definition) is 0. The van der Waals surface area contributed by atoms with Gasteiger partial charge in [-0.15, -0.1) is 11.3 Å². The van der Waals surface area contributed by atoms with Crippen molar-refractivity contribution in [1.82, 2.24) is 19.4 Å². The largest absolute Gasteiger partial charge is 0.337 e. The smallest absolute Gasteiger partial charge is 0.254 e. The molecule has 4 rings (SSSR count). The Morgan fingerprint density at radius 3 is 2.96 bits per heavy atom. The molecule has 5 nitrogen and oxygen atoms in total. The van der Waals surface area contributed by atoms with Crippen LogP contribution in [0.4, 0.5) is 0 Å². The number of nitrogens with zero attached hydrogens (tertiary/aromatic N) is 4. The Morgan fingerprint density at radius 2 is 2.12 bits per heavy atom. The van der Waals surface area contributed by atoms with Gasteiger partial charge in [-0.2, -0.15) is 0 Å². The van der Waals surface area contributed by atoms with Gasteiger partial charge in [-0.3, -0.25) is 9.36 Å². The molecule has 0 aliphatic heterocycles. The molecule has 3 aromatic heterocycles. The summed E-state index contributed by atoms with van der Waals surface area (Å²) in [4.78, 5) is 22.9. The molecule has 124 valence electrons. The van der Waals surface area contributed by atoms with E-state index in [2.05, 4.69) is 27.5 Å². The van der Waals surface area contributed by atoms with Crippen molar-refractivity contribution < 1.29 is 4.79 Å². The summed E-state index contributed by atoms with van der Waals surface area (Å²) in [7, 11) is 1.83. The molecule has 1 aromatic carbocycles. The number of aromatic nitrogens is 3. The highest BCUT2D eigenvalue weighted by Crippen LogP contribution is 2.26. The van der Waals surface area contributed by atoms with Crippen LogP contribution in [0.3, 0.4) is 0 Å². The average Bonchev–Trinajstić information content (AvgIpc) is 3.32. The number of hydrogen-bond acceptors (Lipinski definition) is 4. The Bertz CT molecular complexity index is 1020. The van der Waals surface area contributed by atoms with Crippen molar-refractivity contribution in [1.29, 1.82) is 0 Å². The lowest BCUT2D eigenvalue weighted by Crippen LogP contribution is -2.26. The van der Waals surface area contributed by atoms with Crippen LogP contribution in [0.25, 0.3) is 15.9 Å². The van der Waals surface area contributed by atoms with E-state index >= 15 is 0 Å². The topological polar surface area (TPSA) is 51.0 Å². The van der Waals surface area contributed by atoms with Crippen molar-refractivity contribution in [2.75, 3.05) is 7.05 Å². The highest BCUT2D eigenvalue weighted by Gasteiger charge is 2.15. The number of thiophene rings is 1. The Balaban J connectivity index is 1.57. The number of amides is 1. The Hall–Kier alpha value is -2.99. The first-order valence-electron chi connectivity index (χ1n) is 7.87. The van der Waals surface area contributed by atoms with Gasteiger partial charge in [0, 0.05) is 42.4 Å². The number of benzene rings is 1. The van der Waals surface area contributed by atoms with E-state index in [4.69, 9.17) is 0 Å². The molecule has 0 spiro atoms. The minimum atomic E-state index is -0.0287. The van der Waals surface area contributed by atoms with Crippen LogP contribution in [-0.2, 0) is 6.54 Å². The third-order valence-corrected chi connectivity index (χ3v) is 5.09. The molecule has 25 heavy (non-hydrogen) atoms. The van der Waals surface area contributed by atoms with Crippen LogP contribution in [0.5, 0.6) is 0 Å². The van der Waals surface area contributed by atoms with E-state index in [1.165, 1.54) is 15.6 Å². The SMILES string of the molecule is CN(Cc1csc2ccccc12)C(=O)c1ccnc(-n2ccnc2)c1. The second-order valence-corrected chi connectivity index (χ2v) is 6.70. The number of carbonyl (C=O) groups is 1. The lowest BCUT2D eigenvalue weighted by molar-refractivity contribution is 0.0785. The van der Waals surface area contributed by atoms with E-state index in [0.717, 1.165) is 0 Å². The minimum Gasteiger partial charge on any atom is -0.337 e. The zero-order chi connectivity index (χ0) is 17.2. The first-order valence-corrected chi connectivity index (χ1v) is 8.75. The van der Waals surface area contributed by atoms with Gasteiger partial charge in [-0.1, -0.05) is 18.2 Å². The maximum absolute atomic E-state index is 12.8. The van der Waals surface area contributed by atoms with Gasteiger partial charge in [0.2, 0.25) is 0 Å². The van der Waals surface area contributed by atoms with Gasteiger partial charge in [-0.25, -0.2) is 9.97 Å². The fourth-order valence-electron chi connectivity index (χ4n) is 2.79. The fourth-order valence-corrected chi connectivity index (χ4v) is 3.74. The molecular formula is C19H16N4OS. The standard InChI is InChI=1S/C19H16N4OS/c1-22(11-15-12-25-17-5-3-2-4-16(15)17)19(24)14-6-7-21-18(10-14)23-9-8-20-13-23/h2-10,12-13H,11H2,1H3. The van der Waals surface area contributed by atoms with Crippen LogP contribution >= 0.6 is 11.3 Å². The molecule has 0 fully saturated rings. The lowest BCUT2D eigenvalue weighted by atomic mass is 10.1. The molecule has 0 N–H and O–H groups in total. The molecule has 0 atom stereocenters. The van der Waals surface area contributed by atoms with E-state index in [-0.39, 0.29) is 5.91 Å². The minimum absolute atomic E-state index is 0.0287. The quantitative estimate of drug-likeness (QED) is 0.564. The number of carbonyl (C=O) groups excluding carboxylic acids is 1. The van der Waals surface area contributed by atoms with Crippen molar-refractivity contribution in [3.05, 3.63) is 77.8 Å². The summed E-state index contributed by atoms with van der Waals surface area (Å²) in [5.41, 5.74) is 1.78. The summed E-state index contributed by atoms with van der Waals surface area (Å²) >= 11 is 1.71. The summed E-state index contributed by atoms with van der Waals surface area (Å²) in [6.07, 6.45) is 6.80. The maximum atomic E-state index is 12.8. The van der Waals surface area contributed by atoms with E-state index in [1.54, 1.807) is 57.9 Å². The monoisotopic (exact) mass is 348 g/mol. The van der Waals surface area contributed by atoms with Gasteiger partial charge in [0.25, 0.3) is 5.91 Å². The third-order valence-electron chi connectivity index (χ3n) is 4.08. The van der Waals surface area contributed by atoms with Crippen LogP contribution in [0.15, 0.2) is 66.7 Å². The predicted octanol–water partition coefficient (Wildman–Crippen LogP) is 3.75. The second-order valence-electron chi connectivity index (χ2n) is 5.79. The normalized spacial score (nSPS) is 10.9. The van der Waals surface area contributed by atoms with Crippen LogP contribution in [0.1, 0.15) is 15.9 Å². The van der Waals surface area contributed by atoms with Crippen molar-refractivity contribution in [3.63, 3.8) is 0 Å². The zero-order valence-corrected chi connectivity index (χ0v) is 14.5. The lowest BCUT2D eigenvalue weighted by Gasteiger charge is -2.17. The van der Waals surface area contributed by atoms with Crippen LogP contribution in [0.2, 0.25) is 0 Å². The molecule has 0 saturated carbocycles. The number of pyridine rings is 1. The second kappa shape index (κ2) is 6.49. The summed E-state index contributed by atoms with van der Waals surface area (Å²) in [5, 5.41) is 3.33. The van der Waals surface area contributed by atoms with Crippen LogP contribution in [-0.4, -0.2) is 32.4 Å². The molecule has 0 aliphatic rings. The highest BCUT2D eigenvalue weighted by molar-refractivity contribution is 7.17. The van der Waals surface area contributed by atoms with Crippen molar-refractivity contribution in [2.24, 2.45) is 0 Å². The zero-order valence-electron chi connectivity index (χ0n) is 13.7. The molecule has 0 bridgehead atoms. The van der Waals surface area contributed by atoms with Gasteiger partial charge < -0.3 is 4.90 Å². The number of fused-ring (bicyclic) bond motifs is 1. The number of rotatable bonds is 4. The first-order chi connectivity index (χ1) is 12.2. The van der Waals surface area contributed by atoms with Crippen molar-refractivity contribution in [3.8, 4) is 5.82 Å². The van der Waals surface area contributed by atoms with Gasteiger partial charge in [-0.05, 0) is 34.5 Å². The molecule has 1 amide bonds. The van der Waals surface area contributed by atoms with Gasteiger partial charge in [0.05, 0.1) is 0 Å². The molecule has 0 saturated heterocycles. The van der Waals surface area contributed by atoms with E-state index < -0.39 is 0 Å². The van der Waals surface area contributed by atoms with E-state index in [1.807, 2.05) is 19.2 Å². The summed E-state index contributed by atoms with van der Waals surface area (Å²) in [5.74, 6) is 0.650. The molecule has 3 heterocycles. The average molecular weight is 348 g/mol. The number of imidazole rings is 1. The van der Waals surface area contributed by atoms with Gasteiger partial charge in [0.1, 0.15) is 12.1 Å². The van der Waals surface area contributed by atoms with Crippen LogP contribution in [0, 0.1) is 0 Å². The maximum Gasteiger partial charge on any atom is 0.254 e. The fraction of sp³-hybridized carbons (Fsp3) is 0.105. The Labute approximate surface area is 149 Å². The molecule has 4 aromatic rings. The van der Waals surface area contributed by atoms with Gasteiger partial charge in [0.15, 0.2) is 0 Å². The predicted molar refractivity (Wildman–Crippen MR) is 99.0 cm³/mol. The van der Waals surface area contributed by atoms with E-state index in [9.17, 15) is 4.79 Å². The highest BCUT2D eigenvalue weighted by atomic mass is 32.1. The summed E-state index contributed by atoms with van der Waals surface area (Å²) in [6, 6.07) is 11.8. The Kier molecular flexibility index (Phi) is 4.03. The van der Waals surface area contributed by atoms with Crippen molar-refractivity contribution >= 4 is 27.3 Å². The first kappa shape index (κ1) is 15.5.